The van der Waals surface area contributed by atoms with E-state index in [1.165, 1.54) is 13.2 Å². The topological polar surface area (TPSA) is 144 Å². The van der Waals surface area contributed by atoms with Crippen LogP contribution in [0.5, 0.6) is 5.75 Å². The summed E-state index contributed by atoms with van der Waals surface area (Å²) in [6.07, 6.45) is 0.136. The molecule has 1 aromatic carbocycles. The zero-order valence-electron chi connectivity index (χ0n) is 13.8. The molecule has 0 bridgehead atoms. The zero-order chi connectivity index (χ0) is 19.4. The summed E-state index contributed by atoms with van der Waals surface area (Å²) in [5.41, 5.74) is -1.15. The van der Waals surface area contributed by atoms with Gasteiger partial charge in [-0.3, -0.25) is 4.79 Å². The minimum Gasteiger partial charge on any atom is -0.495 e. The summed E-state index contributed by atoms with van der Waals surface area (Å²) in [5, 5.41) is 28.2. The molecule has 1 aromatic heterocycles. The van der Waals surface area contributed by atoms with Crippen molar-refractivity contribution in [1.29, 1.82) is 0 Å². The van der Waals surface area contributed by atoms with E-state index in [1.807, 2.05) is 0 Å². The third-order valence-corrected chi connectivity index (χ3v) is 3.74. The maximum atomic E-state index is 12.6. The van der Waals surface area contributed by atoms with Crippen LogP contribution in [0.3, 0.4) is 0 Å². The molecule has 0 fully saturated rings. The maximum absolute atomic E-state index is 12.6. The van der Waals surface area contributed by atoms with Crippen LogP contribution in [0.15, 0.2) is 18.2 Å². The average molecular weight is 383 g/mol. The predicted molar refractivity (Wildman–Crippen MR) is 89.9 cm³/mol. The highest BCUT2D eigenvalue weighted by Crippen LogP contribution is 2.29. The number of carboxylic acids is 2. The standard InChI is InChI=1S/C15H15ClN4O6/c1-3-9(20-12(15(24)25)11(14(22)23)18-19-20)13(21)17-8-6-7(16)4-5-10(8)26-2/h4-6,9H,3H2,1-2H3,(H,17,21)(H,22,23)(H,24,25)/t9-/m1/s1. The molecule has 0 aliphatic rings. The number of halogens is 1. The lowest BCUT2D eigenvalue weighted by Gasteiger charge is -2.17. The maximum Gasteiger partial charge on any atom is 0.359 e. The lowest BCUT2D eigenvalue weighted by molar-refractivity contribution is -0.119. The van der Waals surface area contributed by atoms with Crippen molar-refractivity contribution in [3.63, 3.8) is 0 Å². The molecule has 10 nitrogen and oxygen atoms in total. The van der Waals surface area contributed by atoms with Gasteiger partial charge in [0.25, 0.3) is 0 Å². The number of carbonyl (C=O) groups excluding carboxylic acids is 1. The first-order chi connectivity index (χ1) is 12.3. The summed E-state index contributed by atoms with van der Waals surface area (Å²) < 4.78 is 5.91. The molecule has 2 rings (SSSR count). The van der Waals surface area contributed by atoms with Crippen LogP contribution in [0.25, 0.3) is 0 Å². The second kappa shape index (κ2) is 7.83. The number of methoxy groups -OCH3 is 1. The smallest absolute Gasteiger partial charge is 0.359 e. The molecule has 2 aromatic rings. The van der Waals surface area contributed by atoms with Crippen molar-refractivity contribution in [2.24, 2.45) is 0 Å². The van der Waals surface area contributed by atoms with Gasteiger partial charge in [-0.15, -0.1) is 5.10 Å². The van der Waals surface area contributed by atoms with Gasteiger partial charge < -0.3 is 20.3 Å². The summed E-state index contributed by atoms with van der Waals surface area (Å²) in [7, 11) is 1.41. The van der Waals surface area contributed by atoms with Crippen LogP contribution in [-0.2, 0) is 4.79 Å². The van der Waals surface area contributed by atoms with Crippen molar-refractivity contribution in [2.45, 2.75) is 19.4 Å². The van der Waals surface area contributed by atoms with Gasteiger partial charge in [-0.1, -0.05) is 23.7 Å². The Hall–Kier alpha value is -3.14. The average Bonchev–Trinajstić information content (AvgIpc) is 3.01. The Morgan fingerprint density at radius 3 is 2.54 bits per heavy atom. The Morgan fingerprint density at radius 1 is 1.31 bits per heavy atom. The second-order valence-electron chi connectivity index (χ2n) is 5.10. The first-order valence-electron chi connectivity index (χ1n) is 7.36. The number of amides is 1. The van der Waals surface area contributed by atoms with Gasteiger partial charge in [-0.05, 0) is 24.6 Å². The molecule has 0 unspecified atom stereocenters. The van der Waals surface area contributed by atoms with Crippen molar-refractivity contribution in [3.05, 3.63) is 34.6 Å². The van der Waals surface area contributed by atoms with E-state index in [-0.39, 0.29) is 12.1 Å². The molecule has 3 N–H and O–H groups in total. The number of hydrogen-bond acceptors (Lipinski definition) is 6. The summed E-state index contributed by atoms with van der Waals surface area (Å²) in [6, 6.07) is 3.49. The van der Waals surface area contributed by atoms with Crippen LogP contribution >= 0.6 is 11.6 Å². The van der Waals surface area contributed by atoms with E-state index in [0.717, 1.165) is 4.68 Å². The van der Waals surface area contributed by atoms with E-state index in [4.69, 9.17) is 21.4 Å². The quantitative estimate of drug-likeness (QED) is 0.658. The van der Waals surface area contributed by atoms with Gasteiger partial charge in [0.15, 0.2) is 5.69 Å². The Morgan fingerprint density at radius 2 is 2.00 bits per heavy atom. The monoisotopic (exact) mass is 382 g/mol. The first kappa shape index (κ1) is 19.2. The zero-order valence-corrected chi connectivity index (χ0v) is 14.5. The first-order valence-corrected chi connectivity index (χ1v) is 7.74. The molecule has 1 atom stereocenters. The molecule has 0 aliphatic heterocycles. The minimum atomic E-state index is -1.56. The van der Waals surface area contributed by atoms with Crippen molar-refractivity contribution >= 4 is 35.1 Å². The Kier molecular flexibility index (Phi) is 5.78. The van der Waals surface area contributed by atoms with Gasteiger partial charge in [-0.25, -0.2) is 14.3 Å². The van der Waals surface area contributed by atoms with Gasteiger partial charge in [0.05, 0.1) is 12.8 Å². The molecule has 0 saturated carbocycles. The predicted octanol–water partition coefficient (Wildman–Crippen LogP) is 1.93. The third kappa shape index (κ3) is 3.75. The van der Waals surface area contributed by atoms with Crippen molar-refractivity contribution in [1.82, 2.24) is 15.0 Å². The van der Waals surface area contributed by atoms with E-state index in [9.17, 15) is 19.5 Å². The Bertz CT molecular complexity index is 866. The highest BCUT2D eigenvalue weighted by atomic mass is 35.5. The fraction of sp³-hybridized carbons (Fsp3) is 0.267. The molecular weight excluding hydrogens is 368 g/mol. The lowest BCUT2D eigenvalue weighted by atomic mass is 10.2. The number of aromatic carboxylic acids is 2. The Labute approximate surface area is 152 Å². The van der Waals surface area contributed by atoms with Crippen LogP contribution < -0.4 is 10.1 Å². The van der Waals surface area contributed by atoms with Crippen LogP contribution in [0.2, 0.25) is 5.02 Å². The number of nitrogens with zero attached hydrogens (tertiary/aromatic N) is 3. The van der Waals surface area contributed by atoms with E-state index in [1.54, 1.807) is 19.1 Å². The lowest BCUT2D eigenvalue weighted by Crippen LogP contribution is -2.29. The van der Waals surface area contributed by atoms with Crippen LogP contribution in [0, 0.1) is 0 Å². The molecule has 0 saturated heterocycles. The molecule has 0 radical (unpaired) electrons. The van der Waals surface area contributed by atoms with Crippen molar-refractivity contribution in [3.8, 4) is 5.75 Å². The van der Waals surface area contributed by atoms with E-state index in [2.05, 4.69) is 15.6 Å². The molecule has 1 heterocycles. The Balaban J connectivity index is 2.41. The number of hydrogen-bond donors (Lipinski definition) is 3. The number of nitrogens with one attached hydrogen (secondary N) is 1. The highest BCUT2D eigenvalue weighted by Gasteiger charge is 2.31. The SMILES string of the molecule is CC[C@H](C(=O)Nc1cc(Cl)ccc1OC)n1nnc(C(=O)O)c1C(=O)O. The molecule has 138 valence electrons. The molecular formula is C15H15ClN4O6. The summed E-state index contributed by atoms with van der Waals surface area (Å²) in [4.78, 5) is 35.2. The third-order valence-electron chi connectivity index (χ3n) is 3.50. The van der Waals surface area contributed by atoms with Gasteiger partial charge in [0.1, 0.15) is 11.8 Å². The normalized spacial score (nSPS) is 11.7. The van der Waals surface area contributed by atoms with Gasteiger partial charge in [0.2, 0.25) is 11.6 Å². The minimum absolute atomic E-state index is 0.136. The van der Waals surface area contributed by atoms with Crippen LogP contribution in [0.4, 0.5) is 5.69 Å². The van der Waals surface area contributed by atoms with E-state index in [0.29, 0.717) is 10.8 Å². The molecule has 0 aliphatic carbocycles. The van der Waals surface area contributed by atoms with Crippen molar-refractivity contribution in [2.75, 3.05) is 12.4 Å². The number of benzene rings is 1. The number of rotatable bonds is 7. The van der Waals surface area contributed by atoms with Gasteiger partial charge in [-0.2, -0.15) is 0 Å². The second-order valence-corrected chi connectivity index (χ2v) is 5.54. The number of anilines is 1. The van der Waals surface area contributed by atoms with Crippen LogP contribution in [0.1, 0.15) is 40.4 Å². The van der Waals surface area contributed by atoms with E-state index >= 15 is 0 Å². The number of aromatic nitrogens is 3. The number of carbonyl (C=O) groups is 3. The highest BCUT2D eigenvalue weighted by molar-refractivity contribution is 6.31. The summed E-state index contributed by atoms with van der Waals surface area (Å²) in [6.45, 7) is 1.62. The summed E-state index contributed by atoms with van der Waals surface area (Å²) >= 11 is 5.92. The van der Waals surface area contributed by atoms with Gasteiger partial charge >= 0.3 is 11.9 Å². The molecule has 1 amide bonds. The number of carboxylic acid groups (broad SMARTS) is 2. The fourth-order valence-electron chi connectivity index (χ4n) is 2.32. The van der Waals surface area contributed by atoms with Crippen molar-refractivity contribution < 1.29 is 29.3 Å². The molecule has 26 heavy (non-hydrogen) atoms. The number of ether oxygens (including phenoxy) is 1. The van der Waals surface area contributed by atoms with Gasteiger partial charge in [0, 0.05) is 5.02 Å². The molecule has 0 spiro atoms. The molecule has 11 heteroatoms. The van der Waals surface area contributed by atoms with E-state index < -0.39 is 35.3 Å². The largest absolute Gasteiger partial charge is 0.495 e. The van der Waals surface area contributed by atoms with Crippen LogP contribution in [-0.4, -0.2) is 50.2 Å². The summed E-state index contributed by atoms with van der Waals surface area (Å²) in [5.74, 6) is -3.39. The fourth-order valence-corrected chi connectivity index (χ4v) is 2.49.